The molecule has 0 aromatic carbocycles. The number of aromatic nitrogens is 2. The Morgan fingerprint density at radius 3 is 2.53 bits per heavy atom. The molecule has 0 amide bonds. The van der Waals surface area contributed by atoms with Crippen LogP contribution in [0.4, 0.5) is 0 Å². The van der Waals surface area contributed by atoms with Gasteiger partial charge in [0.2, 0.25) is 0 Å². The SMILES string of the molecule is CNC(Cc1nccn1C)C1(OC)CCCCCC1. The Bertz CT molecular complexity index is 380. The number of rotatable bonds is 5. The summed E-state index contributed by atoms with van der Waals surface area (Å²) >= 11 is 0. The van der Waals surface area contributed by atoms with Crippen molar-refractivity contribution in [2.24, 2.45) is 7.05 Å². The third kappa shape index (κ3) is 3.18. The lowest BCUT2D eigenvalue weighted by molar-refractivity contribution is -0.0514. The highest BCUT2D eigenvalue weighted by molar-refractivity contribution is 5.02. The zero-order chi connectivity index (χ0) is 13.7. The number of ether oxygens (including phenoxy) is 1. The number of hydrogen-bond acceptors (Lipinski definition) is 3. The van der Waals surface area contributed by atoms with Crippen molar-refractivity contribution in [2.45, 2.75) is 56.6 Å². The van der Waals surface area contributed by atoms with Gasteiger partial charge in [-0.15, -0.1) is 0 Å². The highest BCUT2D eigenvalue weighted by Gasteiger charge is 2.38. The van der Waals surface area contributed by atoms with Gasteiger partial charge in [-0.3, -0.25) is 0 Å². The van der Waals surface area contributed by atoms with E-state index in [0.29, 0.717) is 6.04 Å². The second-order valence-corrected chi connectivity index (χ2v) is 5.68. The van der Waals surface area contributed by atoms with E-state index in [1.807, 2.05) is 26.6 Å². The maximum absolute atomic E-state index is 6.00. The number of imidazole rings is 1. The number of nitrogens with one attached hydrogen (secondary N) is 1. The summed E-state index contributed by atoms with van der Waals surface area (Å²) in [6, 6.07) is 0.330. The second kappa shape index (κ2) is 6.53. The smallest absolute Gasteiger partial charge is 0.110 e. The van der Waals surface area contributed by atoms with E-state index in [1.165, 1.54) is 25.7 Å². The quantitative estimate of drug-likeness (QED) is 0.830. The van der Waals surface area contributed by atoms with E-state index in [0.717, 1.165) is 25.1 Å². The number of likely N-dealkylation sites (N-methyl/N-ethyl adjacent to an activating group) is 1. The first kappa shape index (κ1) is 14.5. The Morgan fingerprint density at radius 1 is 1.37 bits per heavy atom. The van der Waals surface area contributed by atoms with Gasteiger partial charge < -0.3 is 14.6 Å². The average molecular weight is 265 g/mol. The fourth-order valence-corrected chi connectivity index (χ4v) is 3.35. The van der Waals surface area contributed by atoms with Crippen LogP contribution in [0.1, 0.15) is 44.3 Å². The zero-order valence-corrected chi connectivity index (χ0v) is 12.5. The van der Waals surface area contributed by atoms with E-state index in [-0.39, 0.29) is 5.60 Å². The molecular formula is C15H27N3O. The number of hydrogen-bond donors (Lipinski definition) is 1. The van der Waals surface area contributed by atoms with Crippen molar-refractivity contribution in [3.05, 3.63) is 18.2 Å². The van der Waals surface area contributed by atoms with E-state index in [4.69, 9.17) is 4.74 Å². The lowest BCUT2D eigenvalue weighted by Gasteiger charge is -2.39. The third-order valence-electron chi connectivity index (χ3n) is 4.65. The fourth-order valence-electron chi connectivity index (χ4n) is 3.35. The van der Waals surface area contributed by atoms with Crippen molar-refractivity contribution in [1.82, 2.24) is 14.9 Å². The molecule has 4 heteroatoms. The van der Waals surface area contributed by atoms with Gasteiger partial charge in [-0.05, 0) is 19.9 Å². The Balaban J connectivity index is 2.15. The van der Waals surface area contributed by atoms with Crippen LogP contribution in [0.5, 0.6) is 0 Å². The Kier molecular flexibility index (Phi) is 4.99. The topological polar surface area (TPSA) is 39.1 Å². The molecule has 1 saturated carbocycles. The highest BCUT2D eigenvalue weighted by Crippen LogP contribution is 2.34. The molecular weight excluding hydrogens is 238 g/mol. The number of aryl methyl sites for hydroxylation is 1. The molecule has 0 spiro atoms. The summed E-state index contributed by atoms with van der Waals surface area (Å²) < 4.78 is 8.10. The molecule has 0 saturated heterocycles. The van der Waals surface area contributed by atoms with Crippen LogP contribution in [0.2, 0.25) is 0 Å². The van der Waals surface area contributed by atoms with Gasteiger partial charge in [-0.2, -0.15) is 0 Å². The molecule has 1 heterocycles. The molecule has 1 N–H and O–H groups in total. The minimum atomic E-state index is -0.0306. The minimum Gasteiger partial charge on any atom is -0.377 e. The molecule has 0 radical (unpaired) electrons. The molecule has 4 nitrogen and oxygen atoms in total. The zero-order valence-electron chi connectivity index (χ0n) is 12.5. The van der Waals surface area contributed by atoms with Crippen molar-refractivity contribution in [1.29, 1.82) is 0 Å². The van der Waals surface area contributed by atoms with E-state index in [9.17, 15) is 0 Å². The maximum Gasteiger partial charge on any atom is 0.110 e. The van der Waals surface area contributed by atoms with Crippen LogP contribution in [0, 0.1) is 0 Å². The minimum absolute atomic E-state index is 0.0306. The van der Waals surface area contributed by atoms with E-state index in [2.05, 4.69) is 21.9 Å². The van der Waals surface area contributed by atoms with Crippen LogP contribution in [0.15, 0.2) is 12.4 Å². The molecule has 108 valence electrons. The standard InChI is InChI=1S/C15H27N3O/c1-16-13(12-14-17-10-11-18(14)2)15(19-3)8-6-4-5-7-9-15/h10-11,13,16H,4-9,12H2,1-3H3. The second-order valence-electron chi connectivity index (χ2n) is 5.68. The molecule has 1 aliphatic rings. The average Bonchev–Trinajstić information content (AvgIpc) is 2.68. The molecule has 0 bridgehead atoms. The highest BCUT2D eigenvalue weighted by atomic mass is 16.5. The number of methoxy groups -OCH3 is 1. The number of nitrogens with zero attached hydrogens (tertiary/aromatic N) is 2. The van der Waals surface area contributed by atoms with E-state index < -0.39 is 0 Å². The van der Waals surface area contributed by atoms with Gasteiger partial charge in [0.25, 0.3) is 0 Å². The predicted molar refractivity (Wildman–Crippen MR) is 77.2 cm³/mol. The summed E-state index contributed by atoms with van der Waals surface area (Å²) in [4.78, 5) is 4.45. The first-order valence-electron chi connectivity index (χ1n) is 7.40. The summed E-state index contributed by atoms with van der Waals surface area (Å²) in [5, 5.41) is 3.48. The van der Waals surface area contributed by atoms with Gasteiger partial charge in [-0.25, -0.2) is 4.98 Å². The van der Waals surface area contributed by atoms with Gasteiger partial charge >= 0.3 is 0 Å². The molecule has 1 aliphatic carbocycles. The largest absolute Gasteiger partial charge is 0.377 e. The Hall–Kier alpha value is -0.870. The molecule has 1 aromatic rings. The normalized spacial score (nSPS) is 21.0. The molecule has 1 atom stereocenters. The van der Waals surface area contributed by atoms with E-state index >= 15 is 0 Å². The Labute approximate surface area is 116 Å². The molecule has 1 unspecified atom stereocenters. The molecule has 1 aromatic heterocycles. The van der Waals surface area contributed by atoms with Gasteiger partial charge in [0.05, 0.1) is 5.60 Å². The fraction of sp³-hybridized carbons (Fsp3) is 0.800. The summed E-state index contributed by atoms with van der Waals surface area (Å²) in [7, 11) is 5.97. The van der Waals surface area contributed by atoms with Crippen LogP contribution < -0.4 is 5.32 Å². The van der Waals surface area contributed by atoms with Crippen molar-refractivity contribution in [3.8, 4) is 0 Å². The van der Waals surface area contributed by atoms with Crippen molar-refractivity contribution >= 4 is 0 Å². The third-order valence-corrected chi connectivity index (χ3v) is 4.65. The van der Waals surface area contributed by atoms with Crippen LogP contribution in [0.25, 0.3) is 0 Å². The predicted octanol–water partition coefficient (Wildman–Crippen LogP) is 2.29. The first-order valence-corrected chi connectivity index (χ1v) is 7.40. The van der Waals surface area contributed by atoms with E-state index in [1.54, 1.807) is 0 Å². The molecule has 2 rings (SSSR count). The molecule has 0 aliphatic heterocycles. The van der Waals surface area contributed by atoms with Crippen molar-refractivity contribution in [3.63, 3.8) is 0 Å². The molecule has 1 fully saturated rings. The van der Waals surface area contributed by atoms with Gasteiger partial charge in [-0.1, -0.05) is 25.7 Å². The summed E-state index contributed by atoms with van der Waals surface area (Å²) in [5.41, 5.74) is -0.0306. The monoisotopic (exact) mass is 265 g/mol. The molecule has 19 heavy (non-hydrogen) atoms. The van der Waals surface area contributed by atoms with Crippen LogP contribution in [0.3, 0.4) is 0 Å². The Morgan fingerprint density at radius 2 is 2.05 bits per heavy atom. The summed E-state index contributed by atoms with van der Waals surface area (Å²) in [5.74, 6) is 1.13. The summed E-state index contributed by atoms with van der Waals surface area (Å²) in [6.07, 6.45) is 12.3. The summed E-state index contributed by atoms with van der Waals surface area (Å²) in [6.45, 7) is 0. The van der Waals surface area contributed by atoms with Crippen LogP contribution >= 0.6 is 0 Å². The van der Waals surface area contributed by atoms with Gasteiger partial charge in [0.15, 0.2) is 0 Å². The van der Waals surface area contributed by atoms with Crippen LogP contribution in [-0.4, -0.2) is 35.4 Å². The van der Waals surface area contributed by atoms with Gasteiger partial charge in [0, 0.05) is 39.0 Å². The van der Waals surface area contributed by atoms with Crippen LogP contribution in [-0.2, 0) is 18.2 Å². The lowest BCUT2D eigenvalue weighted by Crippen LogP contribution is -2.52. The lowest BCUT2D eigenvalue weighted by atomic mass is 9.84. The maximum atomic E-state index is 6.00. The van der Waals surface area contributed by atoms with Gasteiger partial charge in [0.1, 0.15) is 5.82 Å². The van der Waals surface area contributed by atoms with Crippen molar-refractivity contribution in [2.75, 3.05) is 14.2 Å². The van der Waals surface area contributed by atoms with Crippen molar-refractivity contribution < 1.29 is 4.74 Å². The first-order chi connectivity index (χ1) is 9.22.